The summed E-state index contributed by atoms with van der Waals surface area (Å²) in [7, 11) is 0. The molecule has 16 heavy (non-hydrogen) atoms. The molecule has 3 N–H and O–H groups in total. The van der Waals surface area contributed by atoms with E-state index in [0.29, 0.717) is 25.2 Å². The fraction of sp³-hybridized carbons (Fsp3) is 0.364. The lowest BCUT2D eigenvalue weighted by molar-refractivity contribution is -0.138. The van der Waals surface area contributed by atoms with Gasteiger partial charge in [-0.2, -0.15) is 0 Å². The molecule has 0 aliphatic carbocycles. The Morgan fingerprint density at radius 3 is 3.00 bits per heavy atom. The summed E-state index contributed by atoms with van der Waals surface area (Å²) in [4.78, 5) is 12.3. The fourth-order valence-corrected chi connectivity index (χ4v) is 2.08. The summed E-state index contributed by atoms with van der Waals surface area (Å²) < 4.78 is 13.1. The highest BCUT2D eigenvalue weighted by molar-refractivity contribution is 5.69. The van der Waals surface area contributed by atoms with E-state index in [-0.39, 0.29) is 12.4 Å². The molecule has 0 spiro atoms. The molecule has 2 rings (SSSR count). The minimum atomic E-state index is -0.868. The van der Waals surface area contributed by atoms with Gasteiger partial charge in [-0.25, -0.2) is 4.39 Å². The van der Waals surface area contributed by atoms with Crippen LogP contribution in [0, 0.1) is 5.82 Å². The van der Waals surface area contributed by atoms with Crippen LogP contribution in [-0.2, 0) is 17.8 Å². The summed E-state index contributed by atoms with van der Waals surface area (Å²) in [6, 6.07) is 2.74. The van der Waals surface area contributed by atoms with Crippen LogP contribution in [0.4, 0.5) is 10.1 Å². The van der Waals surface area contributed by atoms with Crippen LogP contribution in [0.5, 0.6) is 0 Å². The zero-order valence-electron chi connectivity index (χ0n) is 8.74. The topological polar surface area (TPSA) is 66.6 Å². The van der Waals surface area contributed by atoms with Crippen molar-refractivity contribution in [3.63, 3.8) is 0 Å². The van der Waals surface area contributed by atoms with Crippen molar-refractivity contribution in [1.29, 1.82) is 0 Å². The molecular formula is C11H13FN2O2. The number of benzene rings is 1. The molecule has 0 amide bonds. The number of nitrogens with zero attached hydrogens (tertiary/aromatic N) is 1. The molecule has 0 fully saturated rings. The highest BCUT2D eigenvalue weighted by Crippen LogP contribution is 2.25. The number of rotatable bonds is 2. The maximum absolute atomic E-state index is 13.1. The fourth-order valence-electron chi connectivity index (χ4n) is 2.08. The number of carboxylic acid groups (broad SMARTS) is 1. The molecular weight excluding hydrogens is 211 g/mol. The Hall–Kier alpha value is -1.62. The second-order valence-corrected chi connectivity index (χ2v) is 3.99. The van der Waals surface area contributed by atoms with Gasteiger partial charge >= 0.3 is 5.97 Å². The molecule has 1 heterocycles. The van der Waals surface area contributed by atoms with Gasteiger partial charge < -0.3 is 10.8 Å². The zero-order chi connectivity index (χ0) is 11.7. The average Bonchev–Trinajstić information content (AvgIpc) is 2.15. The van der Waals surface area contributed by atoms with Gasteiger partial charge in [0.15, 0.2) is 0 Å². The highest BCUT2D eigenvalue weighted by atomic mass is 19.1. The Labute approximate surface area is 92.5 Å². The van der Waals surface area contributed by atoms with E-state index in [1.54, 1.807) is 4.90 Å². The van der Waals surface area contributed by atoms with Gasteiger partial charge in [0.2, 0.25) is 0 Å². The Kier molecular flexibility index (Phi) is 2.78. The van der Waals surface area contributed by atoms with Crippen LogP contribution in [0.25, 0.3) is 0 Å². The van der Waals surface area contributed by atoms with E-state index in [2.05, 4.69) is 0 Å². The lowest BCUT2D eigenvalue weighted by atomic mass is 9.98. The first-order valence-electron chi connectivity index (χ1n) is 5.07. The number of anilines is 1. The molecule has 1 aromatic rings. The van der Waals surface area contributed by atoms with Gasteiger partial charge in [0, 0.05) is 18.8 Å². The molecule has 0 radical (unpaired) electrons. The van der Waals surface area contributed by atoms with Gasteiger partial charge in [-0.15, -0.1) is 0 Å². The van der Waals surface area contributed by atoms with Crippen LogP contribution in [0.1, 0.15) is 11.1 Å². The molecule has 0 saturated carbocycles. The third kappa shape index (κ3) is 2.14. The van der Waals surface area contributed by atoms with Crippen molar-refractivity contribution in [2.75, 3.05) is 18.8 Å². The summed E-state index contributed by atoms with van der Waals surface area (Å²) in [5.41, 5.74) is 7.92. The summed E-state index contributed by atoms with van der Waals surface area (Å²) in [5.74, 6) is -1.23. The molecule has 1 aliphatic heterocycles. The highest BCUT2D eigenvalue weighted by Gasteiger charge is 2.20. The molecule has 1 aliphatic rings. The van der Waals surface area contributed by atoms with Gasteiger partial charge in [-0.1, -0.05) is 0 Å². The average molecular weight is 224 g/mol. The van der Waals surface area contributed by atoms with Gasteiger partial charge in [-0.05, 0) is 29.7 Å². The largest absolute Gasteiger partial charge is 0.480 e. The number of carboxylic acids is 1. The number of hydrogen-bond donors (Lipinski definition) is 2. The van der Waals surface area contributed by atoms with Crippen molar-refractivity contribution in [3.05, 3.63) is 29.1 Å². The first-order chi connectivity index (χ1) is 7.56. The number of hydrogen-bond acceptors (Lipinski definition) is 3. The Morgan fingerprint density at radius 2 is 2.31 bits per heavy atom. The summed E-state index contributed by atoms with van der Waals surface area (Å²) in [6.45, 7) is 1.08. The van der Waals surface area contributed by atoms with Crippen LogP contribution in [0.15, 0.2) is 12.1 Å². The molecule has 0 bridgehead atoms. The van der Waals surface area contributed by atoms with Crippen LogP contribution < -0.4 is 5.73 Å². The van der Waals surface area contributed by atoms with E-state index < -0.39 is 5.97 Å². The number of halogens is 1. The summed E-state index contributed by atoms with van der Waals surface area (Å²) in [5, 5.41) is 8.68. The van der Waals surface area contributed by atoms with Crippen LogP contribution >= 0.6 is 0 Å². The maximum atomic E-state index is 13.1. The van der Waals surface area contributed by atoms with Crippen molar-refractivity contribution >= 4 is 11.7 Å². The standard InChI is InChI=1S/C11H13FN2O2/c12-8-3-7-5-14(6-11(15)16)2-1-9(7)10(13)4-8/h3-4H,1-2,5-6,13H2,(H,15,16). The maximum Gasteiger partial charge on any atom is 0.317 e. The normalized spacial score (nSPS) is 15.8. The van der Waals surface area contributed by atoms with E-state index in [1.165, 1.54) is 12.1 Å². The molecule has 86 valence electrons. The predicted molar refractivity (Wildman–Crippen MR) is 57.4 cm³/mol. The quantitative estimate of drug-likeness (QED) is 0.731. The number of fused-ring (bicyclic) bond motifs is 1. The predicted octanol–water partition coefficient (Wildman–Crippen LogP) is 0.851. The first-order valence-corrected chi connectivity index (χ1v) is 5.07. The van der Waals surface area contributed by atoms with Gasteiger partial charge in [0.25, 0.3) is 0 Å². The Morgan fingerprint density at radius 1 is 1.56 bits per heavy atom. The Bertz CT molecular complexity index is 434. The van der Waals surface area contributed by atoms with E-state index in [1.807, 2.05) is 0 Å². The van der Waals surface area contributed by atoms with Gasteiger partial charge in [0.1, 0.15) is 5.82 Å². The van der Waals surface area contributed by atoms with E-state index >= 15 is 0 Å². The van der Waals surface area contributed by atoms with Crippen molar-refractivity contribution in [2.24, 2.45) is 0 Å². The molecule has 1 aromatic carbocycles. The van der Waals surface area contributed by atoms with Crippen LogP contribution in [-0.4, -0.2) is 29.1 Å². The Balaban J connectivity index is 2.23. The number of aliphatic carboxylic acids is 1. The third-order valence-corrected chi connectivity index (χ3v) is 2.77. The lowest BCUT2D eigenvalue weighted by Gasteiger charge is -2.28. The molecule has 0 unspecified atom stereocenters. The summed E-state index contributed by atoms with van der Waals surface area (Å²) >= 11 is 0. The van der Waals surface area contributed by atoms with Crippen molar-refractivity contribution in [1.82, 2.24) is 4.90 Å². The van der Waals surface area contributed by atoms with Crippen molar-refractivity contribution in [3.8, 4) is 0 Å². The van der Waals surface area contributed by atoms with Crippen LogP contribution in [0.2, 0.25) is 0 Å². The number of carbonyl (C=O) groups is 1. The summed E-state index contributed by atoms with van der Waals surface area (Å²) in [6.07, 6.45) is 0.675. The molecule has 4 nitrogen and oxygen atoms in total. The van der Waals surface area contributed by atoms with Crippen molar-refractivity contribution < 1.29 is 14.3 Å². The van der Waals surface area contributed by atoms with Gasteiger partial charge in [0.05, 0.1) is 6.54 Å². The molecule has 0 saturated heterocycles. The second-order valence-electron chi connectivity index (χ2n) is 3.99. The van der Waals surface area contributed by atoms with Gasteiger partial charge in [-0.3, -0.25) is 9.69 Å². The SMILES string of the molecule is Nc1cc(F)cc2c1CCN(CC(=O)O)C2. The molecule has 5 heteroatoms. The van der Waals surface area contributed by atoms with Crippen molar-refractivity contribution in [2.45, 2.75) is 13.0 Å². The van der Waals surface area contributed by atoms with E-state index in [0.717, 1.165) is 11.1 Å². The van der Waals surface area contributed by atoms with E-state index in [9.17, 15) is 9.18 Å². The third-order valence-electron chi connectivity index (χ3n) is 2.77. The molecule has 0 atom stereocenters. The lowest BCUT2D eigenvalue weighted by Crippen LogP contribution is -2.35. The minimum absolute atomic E-state index is 0.0180. The van der Waals surface area contributed by atoms with E-state index in [4.69, 9.17) is 10.8 Å². The van der Waals surface area contributed by atoms with Crippen LogP contribution in [0.3, 0.4) is 0 Å². The first kappa shape index (κ1) is 10.9. The number of nitrogens with two attached hydrogens (primary N) is 1. The second kappa shape index (κ2) is 4.09. The number of nitrogen functional groups attached to an aromatic ring is 1. The zero-order valence-corrected chi connectivity index (χ0v) is 8.74. The monoisotopic (exact) mass is 224 g/mol. The smallest absolute Gasteiger partial charge is 0.317 e. The minimum Gasteiger partial charge on any atom is -0.480 e. The molecule has 0 aromatic heterocycles.